The van der Waals surface area contributed by atoms with Gasteiger partial charge in [-0.2, -0.15) is 0 Å². The average Bonchev–Trinajstić information content (AvgIpc) is 2.72. The maximum absolute atomic E-state index is 11.1. The fraction of sp³-hybridized carbons (Fsp3) is 0.136. The van der Waals surface area contributed by atoms with Gasteiger partial charge in [-0.15, -0.1) is 0 Å². The molecule has 0 saturated heterocycles. The second kappa shape index (κ2) is 10.1. The molecule has 0 aromatic heterocycles. The first-order chi connectivity index (χ1) is 14.4. The quantitative estimate of drug-likeness (QED) is 0.355. The fourth-order valence-electron chi connectivity index (χ4n) is 2.82. The predicted octanol–water partition coefficient (Wildman–Crippen LogP) is 6.65. The van der Waals surface area contributed by atoms with E-state index in [-0.39, 0.29) is 17.2 Å². The van der Waals surface area contributed by atoms with E-state index in [1.807, 2.05) is 36.4 Å². The van der Waals surface area contributed by atoms with Crippen molar-refractivity contribution >= 4 is 50.8 Å². The summed E-state index contributed by atoms with van der Waals surface area (Å²) in [6, 6.07) is 15.9. The summed E-state index contributed by atoms with van der Waals surface area (Å²) in [7, 11) is 1.58. The van der Waals surface area contributed by atoms with Crippen molar-refractivity contribution in [3.63, 3.8) is 0 Å². The fourth-order valence-corrected chi connectivity index (χ4v) is 3.72. The Kier molecular flexibility index (Phi) is 7.48. The van der Waals surface area contributed by atoms with E-state index in [9.17, 15) is 4.79 Å². The number of nitrogens with one attached hydrogen (secondary N) is 1. The molecular formula is C22H18BrCl2NO4. The van der Waals surface area contributed by atoms with Gasteiger partial charge in [-0.1, -0.05) is 57.3 Å². The zero-order chi connectivity index (χ0) is 21.7. The number of aromatic carboxylic acids is 1. The molecule has 0 bridgehead atoms. The van der Waals surface area contributed by atoms with E-state index in [1.165, 1.54) is 6.07 Å². The maximum Gasteiger partial charge on any atom is 0.337 e. The zero-order valence-corrected chi connectivity index (χ0v) is 19.0. The molecule has 0 fully saturated rings. The van der Waals surface area contributed by atoms with Gasteiger partial charge in [0.1, 0.15) is 6.61 Å². The minimum Gasteiger partial charge on any atom is -0.493 e. The van der Waals surface area contributed by atoms with Crippen molar-refractivity contribution in [3.05, 3.63) is 85.8 Å². The van der Waals surface area contributed by atoms with E-state index in [0.717, 1.165) is 15.6 Å². The monoisotopic (exact) mass is 509 g/mol. The van der Waals surface area contributed by atoms with Crippen LogP contribution in [-0.2, 0) is 13.2 Å². The molecule has 0 amide bonds. The Morgan fingerprint density at radius 2 is 1.87 bits per heavy atom. The minimum atomic E-state index is -1.07. The third kappa shape index (κ3) is 5.19. The van der Waals surface area contributed by atoms with Gasteiger partial charge >= 0.3 is 5.97 Å². The molecule has 0 atom stereocenters. The minimum absolute atomic E-state index is 0.0496. The summed E-state index contributed by atoms with van der Waals surface area (Å²) in [4.78, 5) is 11.1. The molecule has 156 valence electrons. The molecule has 8 heteroatoms. The van der Waals surface area contributed by atoms with Gasteiger partial charge in [0.25, 0.3) is 0 Å². The highest BCUT2D eigenvalue weighted by atomic mass is 79.9. The molecule has 0 aliphatic rings. The molecule has 3 aromatic carbocycles. The Morgan fingerprint density at radius 1 is 1.10 bits per heavy atom. The number of carboxylic acid groups (broad SMARTS) is 1. The largest absolute Gasteiger partial charge is 0.493 e. The van der Waals surface area contributed by atoms with Crippen LogP contribution >= 0.6 is 39.1 Å². The average molecular weight is 511 g/mol. The molecule has 0 radical (unpaired) electrons. The number of benzene rings is 3. The van der Waals surface area contributed by atoms with Gasteiger partial charge in [0.2, 0.25) is 0 Å². The zero-order valence-electron chi connectivity index (χ0n) is 15.9. The number of hydrogen-bond donors (Lipinski definition) is 2. The molecule has 0 aliphatic carbocycles. The van der Waals surface area contributed by atoms with Crippen molar-refractivity contribution in [2.45, 2.75) is 13.2 Å². The van der Waals surface area contributed by atoms with Crippen molar-refractivity contribution in [1.29, 1.82) is 0 Å². The first kappa shape index (κ1) is 22.3. The van der Waals surface area contributed by atoms with Gasteiger partial charge in [-0.25, -0.2) is 4.79 Å². The van der Waals surface area contributed by atoms with Crippen molar-refractivity contribution in [1.82, 2.24) is 0 Å². The van der Waals surface area contributed by atoms with Crippen LogP contribution in [0.4, 0.5) is 5.69 Å². The molecule has 0 saturated carbocycles. The van der Waals surface area contributed by atoms with Crippen molar-refractivity contribution < 1.29 is 19.4 Å². The van der Waals surface area contributed by atoms with E-state index in [0.29, 0.717) is 28.8 Å². The van der Waals surface area contributed by atoms with Crippen LogP contribution in [0.15, 0.2) is 59.1 Å². The number of hydrogen-bond acceptors (Lipinski definition) is 4. The molecule has 3 aromatic rings. The highest BCUT2D eigenvalue weighted by Gasteiger charge is 2.16. The molecular weight excluding hydrogens is 493 g/mol. The first-order valence-electron chi connectivity index (χ1n) is 8.89. The topological polar surface area (TPSA) is 67.8 Å². The smallest absolute Gasteiger partial charge is 0.337 e. The van der Waals surface area contributed by atoms with Gasteiger partial charge in [0.05, 0.1) is 17.7 Å². The summed E-state index contributed by atoms with van der Waals surface area (Å²) in [5.41, 5.74) is 2.42. The summed E-state index contributed by atoms with van der Waals surface area (Å²) in [5.74, 6) is 0.0891. The van der Waals surface area contributed by atoms with Crippen LogP contribution in [0.1, 0.15) is 21.5 Å². The van der Waals surface area contributed by atoms with Crippen LogP contribution in [0.3, 0.4) is 0 Å². The molecule has 2 N–H and O–H groups in total. The van der Waals surface area contributed by atoms with Gasteiger partial charge in [-0.3, -0.25) is 0 Å². The number of anilines is 1. The van der Waals surface area contributed by atoms with Crippen LogP contribution in [0.5, 0.6) is 11.5 Å². The maximum atomic E-state index is 11.1. The van der Waals surface area contributed by atoms with E-state index >= 15 is 0 Å². The molecule has 0 spiro atoms. The molecule has 5 nitrogen and oxygen atoms in total. The molecule has 0 unspecified atom stereocenters. The Bertz CT molecular complexity index is 1070. The Balaban J connectivity index is 1.84. The Labute approximate surface area is 192 Å². The number of rotatable bonds is 8. The van der Waals surface area contributed by atoms with Crippen molar-refractivity contribution in [2.75, 3.05) is 12.4 Å². The summed E-state index contributed by atoms with van der Waals surface area (Å²) < 4.78 is 12.4. The van der Waals surface area contributed by atoms with Crippen molar-refractivity contribution in [2.24, 2.45) is 0 Å². The van der Waals surface area contributed by atoms with E-state index in [4.69, 9.17) is 37.8 Å². The third-order valence-corrected chi connectivity index (χ3v) is 5.81. The summed E-state index contributed by atoms with van der Waals surface area (Å²) in [6.45, 7) is 0.664. The standard InChI is InChI=1S/C22H18BrCl2NO4/c1-29-20-9-8-17(23)16(21(20)30-12-13-4-2-3-5-18(13)24)11-26-14-6-7-15(22(27)28)19(25)10-14/h2-10,26H,11-12H2,1H3,(H,27,28). The Morgan fingerprint density at radius 3 is 2.53 bits per heavy atom. The normalized spacial score (nSPS) is 10.5. The van der Waals surface area contributed by atoms with Crippen LogP contribution in [0.2, 0.25) is 10.0 Å². The van der Waals surface area contributed by atoms with Gasteiger partial charge in [0.15, 0.2) is 11.5 Å². The number of halogens is 3. The van der Waals surface area contributed by atoms with Gasteiger partial charge < -0.3 is 19.9 Å². The van der Waals surface area contributed by atoms with Crippen LogP contribution in [0, 0.1) is 0 Å². The molecule has 0 heterocycles. The lowest BCUT2D eigenvalue weighted by Gasteiger charge is -2.18. The lowest BCUT2D eigenvalue weighted by atomic mass is 10.1. The van der Waals surface area contributed by atoms with E-state index < -0.39 is 5.97 Å². The predicted molar refractivity (Wildman–Crippen MR) is 122 cm³/mol. The summed E-state index contributed by atoms with van der Waals surface area (Å²) >= 11 is 15.9. The van der Waals surface area contributed by atoms with Crippen LogP contribution in [0.25, 0.3) is 0 Å². The Hall–Kier alpha value is -2.41. The highest BCUT2D eigenvalue weighted by Crippen LogP contribution is 2.37. The molecule has 0 aliphatic heterocycles. The number of methoxy groups -OCH3 is 1. The van der Waals surface area contributed by atoms with Crippen molar-refractivity contribution in [3.8, 4) is 11.5 Å². The highest BCUT2D eigenvalue weighted by molar-refractivity contribution is 9.10. The van der Waals surface area contributed by atoms with Crippen LogP contribution in [-0.4, -0.2) is 18.2 Å². The van der Waals surface area contributed by atoms with Gasteiger partial charge in [0, 0.05) is 32.9 Å². The molecule has 30 heavy (non-hydrogen) atoms. The lowest BCUT2D eigenvalue weighted by Crippen LogP contribution is -2.07. The first-order valence-corrected chi connectivity index (χ1v) is 10.4. The van der Waals surface area contributed by atoms with Gasteiger partial charge in [-0.05, 0) is 36.4 Å². The third-order valence-electron chi connectivity index (χ3n) is 4.39. The number of ether oxygens (including phenoxy) is 2. The SMILES string of the molecule is COc1ccc(Br)c(CNc2ccc(C(=O)O)c(Cl)c2)c1OCc1ccccc1Cl. The molecule has 3 rings (SSSR count). The van der Waals surface area contributed by atoms with E-state index in [1.54, 1.807) is 19.2 Å². The second-order valence-electron chi connectivity index (χ2n) is 6.29. The number of carboxylic acids is 1. The van der Waals surface area contributed by atoms with E-state index in [2.05, 4.69) is 21.2 Å². The van der Waals surface area contributed by atoms with Crippen LogP contribution < -0.4 is 14.8 Å². The summed E-state index contributed by atoms with van der Waals surface area (Å²) in [5, 5.41) is 13.1. The second-order valence-corrected chi connectivity index (χ2v) is 7.96. The lowest BCUT2D eigenvalue weighted by molar-refractivity contribution is 0.0697. The number of carbonyl (C=O) groups is 1. The summed E-state index contributed by atoms with van der Waals surface area (Å²) in [6.07, 6.45) is 0.